The summed E-state index contributed by atoms with van der Waals surface area (Å²) in [4.78, 5) is 0. The summed E-state index contributed by atoms with van der Waals surface area (Å²) in [6.45, 7) is 8.47. The third-order valence-electron chi connectivity index (χ3n) is 6.09. The number of phosphoric acid groups is 1. The molecule has 0 aliphatic carbocycles. The molecular formula is C27H30BrO5P. The summed E-state index contributed by atoms with van der Waals surface area (Å²) in [6.07, 6.45) is 0.975. The van der Waals surface area contributed by atoms with Gasteiger partial charge in [-0.1, -0.05) is 54.0 Å². The van der Waals surface area contributed by atoms with Crippen LogP contribution in [0.15, 0.2) is 59.1 Å². The third-order valence-corrected chi connectivity index (χ3v) is 8.03. The number of aromatic hydroxyl groups is 1. The molecule has 5 nitrogen and oxygen atoms in total. The molecule has 0 spiro atoms. The first-order chi connectivity index (χ1) is 16.1. The lowest BCUT2D eigenvalue weighted by Gasteiger charge is -2.29. The van der Waals surface area contributed by atoms with Crippen LogP contribution in [-0.2, 0) is 20.0 Å². The van der Waals surface area contributed by atoms with Gasteiger partial charge >= 0.3 is 7.82 Å². The van der Waals surface area contributed by atoms with Crippen molar-refractivity contribution in [3.05, 3.63) is 92.5 Å². The van der Waals surface area contributed by atoms with Crippen LogP contribution in [0.5, 0.6) is 11.5 Å². The molecule has 0 radical (unpaired) electrons. The standard InChI is InChI=1S/C27H30BrO5P/c1-17(2)24-14-20(8-9-26(24)29)15-25-18(3)12-23(13-19(25)4)32-34(30)31-11-10-27(33-34)21-6-5-7-22(28)16-21/h5-9,12-14,16-17,27,29H,10-11,15H2,1-4H3/t27-,34?/m0/s1. The minimum Gasteiger partial charge on any atom is -0.508 e. The molecule has 3 aromatic carbocycles. The molecule has 1 aliphatic rings. The first kappa shape index (κ1) is 25.0. The molecule has 0 amide bonds. The molecule has 3 aromatic rings. The van der Waals surface area contributed by atoms with Crippen LogP contribution >= 0.6 is 23.8 Å². The van der Waals surface area contributed by atoms with Gasteiger partial charge in [0.05, 0.1) is 12.7 Å². The fourth-order valence-electron chi connectivity index (χ4n) is 4.29. The number of phosphoric ester groups is 1. The number of halogens is 1. The average molecular weight is 545 g/mol. The van der Waals surface area contributed by atoms with E-state index < -0.39 is 7.82 Å². The topological polar surface area (TPSA) is 65.0 Å². The van der Waals surface area contributed by atoms with Crippen molar-refractivity contribution >= 4 is 23.8 Å². The number of hydrogen-bond acceptors (Lipinski definition) is 5. The van der Waals surface area contributed by atoms with E-state index in [1.54, 1.807) is 6.07 Å². The summed E-state index contributed by atoms with van der Waals surface area (Å²) < 4.78 is 31.4. The Balaban J connectivity index is 1.53. The zero-order valence-corrected chi connectivity index (χ0v) is 22.4. The number of hydrogen-bond donors (Lipinski definition) is 1. The number of phenolic OH excluding ortho intramolecular Hbond substituents is 1. The zero-order valence-electron chi connectivity index (χ0n) is 19.9. The number of rotatable bonds is 6. The van der Waals surface area contributed by atoms with Gasteiger partial charge in [0.2, 0.25) is 0 Å². The average Bonchev–Trinajstić information content (AvgIpc) is 2.77. The van der Waals surface area contributed by atoms with E-state index >= 15 is 0 Å². The van der Waals surface area contributed by atoms with Crippen LogP contribution in [0, 0.1) is 13.8 Å². The van der Waals surface area contributed by atoms with Crippen LogP contribution in [0.2, 0.25) is 0 Å². The van der Waals surface area contributed by atoms with E-state index in [0.717, 1.165) is 38.7 Å². The molecule has 1 N–H and O–H groups in total. The minimum atomic E-state index is -3.76. The van der Waals surface area contributed by atoms with Crippen molar-refractivity contribution in [1.29, 1.82) is 0 Å². The van der Waals surface area contributed by atoms with Crippen molar-refractivity contribution in [3.63, 3.8) is 0 Å². The van der Waals surface area contributed by atoms with E-state index in [0.29, 0.717) is 24.5 Å². The van der Waals surface area contributed by atoms with Gasteiger partial charge in [0.15, 0.2) is 0 Å². The van der Waals surface area contributed by atoms with Crippen LogP contribution in [0.4, 0.5) is 0 Å². The molecule has 1 heterocycles. The van der Waals surface area contributed by atoms with Gasteiger partial charge in [0.25, 0.3) is 0 Å². The van der Waals surface area contributed by atoms with E-state index in [-0.39, 0.29) is 12.0 Å². The van der Waals surface area contributed by atoms with Gasteiger partial charge < -0.3 is 9.63 Å². The fraction of sp³-hybridized carbons (Fsp3) is 0.333. The number of aryl methyl sites for hydroxylation is 2. The lowest BCUT2D eigenvalue weighted by molar-refractivity contribution is 0.0509. The molecule has 1 fully saturated rings. The molecular weight excluding hydrogens is 515 g/mol. The lowest BCUT2D eigenvalue weighted by atomic mass is 9.93. The van der Waals surface area contributed by atoms with Crippen molar-refractivity contribution in [1.82, 2.24) is 0 Å². The van der Waals surface area contributed by atoms with Crippen LogP contribution in [-0.4, -0.2) is 11.7 Å². The van der Waals surface area contributed by atoms with Crippen molar-refractivity contribution in [2.24, 2.45) is 0 Å². The Morgan fingerprint density at radius 2 is 1.85 bits per heavy atom. The smallest absolute Gasteiger partial charge is 0.508 e. The van der Waals surface area contributed by atoms with Crippen molar-refractivity contribution < 1.29 is 23.2 Å². The molecule has 0 saturated carbocycles. The van der Waals surface area contributed by atoms with E-state index in [1.807, 2.05) is 56.3 Å². The SMILES string of the molecule is Cc1cc(OP2(=O)OCC[C@@H](c3cccc(Br)c3)O2)cc(C)c1Cc1ccc(O)c(C(C)C)c1. The van der Waals surface area contributed by atoms with Crippen LogP contribution in [0.25, 0.3) is 0 Å². The second kappa shape index (κ2) is 10.2. The van der Waals surface area contributed by atoms with Gasteiger partial charge in [0.1, 0.15) is 11.5 Å². The van der Waals surface area contributed by atoms with Gasteiger partial charge in [-0.2, -0.15) is 0 Å². The molecule has 7 heteroatoms. The predicted octanol–water partition coefficient (Wildman–Crippen LogP) is 8.15. The van der Waals surface area contributed by atoms with E-state index in [9.17, 15) is 9.67 Å². The van der Waals surface area contributed by atoms with E-state index in [1.165, 1.54) is 5.56 Å². The highest BCUT2D eigenvalue weighted by atomic mass is 79.9. The summed E-state index contributed by atoms with van der Waals surface area (Å²) in [5.74, 6) is 1.03. The molecule has 4 rings (SSSR count). The van der Waals surface area contributed by atoms with Gasteiger partial charge in [0, 0.05) is 10.9 Å². The van der Waals surface area contributed by atoms with Crippen molar-refractivity contribution in [3.8, 4) is 11.5 Å². The molecule has 1 aliphatic heterocycles. The third kappa shape index (κ3) is 5.75. The Bertz CT molecular complexity index is 1220. The summed E-state index contributed by atoms with van der Waals surface area (Å²) in [6, 6.07) is 17.3. The Kier molecular flexibility index (Phi) is 7.54. The summed E-state index contributed by atoms with van der Waals surface area (Å²) in [5.41, 5.74) is 6.23. The van der Waals surface area contributed by atoms with Crippen LogP contribution in [0.1, 0.15) is 65.7 Å². The second-order valence-electron chi connectivity index (χ2n) is 9.07. The molecule has 34 heavy (non-hydrogen) atoms. The van der Waals surface area contributed by atoms with Gasteiger partial charge in [-0.05, 0) is 89.9 Å². The normalized spacial score (nSPS) is 20.5. The maximum atomic E-state index is 13.3. The zero-order chi connectivity index (χ0) is 24.5. The largest absolute Gasteiger partial charge is 0.530 e. The van der Waals surface area contributed by atoms with Crippen molar-refractivity contribution in [2.45, 2.75) is 52.6 Å². The van der Waals surface area contributed by atoms with E-state index in [2.05, 4.69) is 35.8 Å². The summed E-state index contributed by atoms with van der Waals surface area (Å²) in [5, 5.41) is 10.1. The van der Waals surface area contributed by atoms with Gasteiger partial charge in [-0.3, -0.25) is 9.05 Å². The number of benzene rings is 3. The Morgan fingerprint density at radius 3 is 2.53 bits per heavy atom. The summed E-state index contributed by atoms with van der Waals surface area (Å²) >= 11 is 3.47. The highest BCUT2D eigenvalue weighted by Crippen LogP contribution is 2.57. The Hall–Kier alpha value is -2.11. The van der Waals surface area contributed by atoms with Crippen molar-refractivity contribution in [2.75, 3.05) is 6.61 Å². The first-order valence-electron chi connectivity index (χ1n) is 11.4. The van der Waals surface area contributed by atoms with E-state index in [4.69, 9.17) is 13.6 Å². The van der Waals surface area contributed by atoms with Crippen LogP contribution < -0.4 is 4.52 Å². The number of phenols is 1. The quantitative estimate of drug-likeness (QED) is 0.317. The monoisotopic (exact) mass is 544 g/mol. The second-order valence-corrected chi connectivity index (χ2v) is 11.5. The molecule has 1 unspecified atom stereocenters. The highest BCUT2D eigenvalue weighted by Gasteiger charge is 2.37. The summed E-state index contributed by atoms with van der Waals surface area (Å²) in [7, 11) is -3.76. The Morgan fingerprint density at radius 1 is 1.12 bits per heavy atom. The molecule has 0 bridgehead atoms. The van der Waals surface area contributed by atoms with Gasteiger partial charge in [-0.25, -0.2) is 4.57 Å². The van der Waals surface area contributed by atoms with Gasteiger partial charge in [-0.15, -0.1) is 0 Å². The molecule has 1 saturated heterocycles. The maximum absolute atomic E-state index is 13.3. The highest BCUT2D eigenvalue weighted by molar-refractivity contribution is 9.10. The molecule has 0 aromatic heterocycles. The first-order valence-corrected chi connectivity index (χ1v) is 13.7. The van der Waals surface area contributed by atoms with Crippen LogP contribution in [0.3, 0.4) is 0 Å². The fourth-order valence-corrected chi connectivity index (χ4v) is 6.09. The molecule has 2 atom stereocenters. The Labute approximate surface area is 209 Å². The molecule has 180 valence electrons. The maximum Gasteiger partial charge on any atom is 0.530 e. The minimum absolute atomic E-state index is 0.242. The lowest BCUT2D eigenvalue weighted by Crippen LogP contribution is -2.16. The predicted molar refractivity (Wildman–Crippen MR) is 138 cm³/mol.